The van der Waals surface area contributed by atoms with Crippen LogP contribution in [0.5, 0.6) is 5.75 Å². The largest absolute Gasteiger partial charge is 0.490 e. The number of rotatable bonds is 10. The van der Waals surface area contributed by atoms with Crippen molar-refractivity contribution in [1.29, 1.82) is 0 Å². The van der Waals surface area contributed by atoms with E-state index in [1.165, 1.54) is 31.2 Å². The SMILES string of the molecule is CCNC(=NCCCN1CCOCC1)NCCc1ccc(OC2CCCC2)cc1. The van der Waals surface area contributed by atoms with Crippen LogP contribution in [0, 0.1) is 0 Å². The monoisotopic (exact) mass is 402 g/mol. The van der Waals surface area contributed by atoms with E-state index >= 15 is 0 Å². The van der Waals surface area contributed by atoms with Crippen LogP contribution in [0.15, 0.2) is 29.3 Å². The summed E-state index contributed by atoms with van der Waals surface area (Å²) in [6, 6.07) is 8.58. The lowest BCUT2D eigenvalue weighted by atomic mass is 10.1. The van der Waals surface area contributed by atoms with Crippen LogP contribution in [-0.4, -0.2) is 69.4 Å². The van der Waals surface area contributed by atoms with Crippen molar-refractivity contribution in [2.24, 2.45) is 4.99 Å². The minimum absolute atomic E-state index is 0.421. The Morgan fingerprint density at radius 1 is 1.14 bits per heavy atom. The quantitative estimate of drug-likeness (QED) is 0.358. The molecule has 2 aliphatic rings. The number of guanidine groups is 1. The summed E-state index contributed by atoms with van der Waals surface area (Å²) in [4.78, 5) is 7.17. The molecule has 2 fully saturated rings. The molecule has 1 saturated carbocycles. The fraction of sp³-hybridized carbons (Fsp3) is 0.696. The van der Waals surface area contributed by atoms with Gasteiger partial charge in [0.25, 0.3) is 0 Å². The summed E-state index contributed by atoms with van der Waals surface area (Å²) in [5, 5.41) is 6.80. The molecule has 6 heteroatoms. The smallest absolute Gasteiger partial charge is 0.191 e. The van der Waals surface area contributed by atoms with Crippen molar-refractivity contribution in [2.75, 3.05) is 52.5 Å². The maximum Gasteiger partial charge on any atom is 0.191 e. The van der Waals surface area contributed by atoms with Gasteiger partial charge in [-0.2, -0.15) is 0 Å². The first-order chi connectivity index (χ1) is 14.3. The number of hydrogen-bond acceptors (Lipinski definition) is 4. The normalized spacial score (nSPS) is 18.7. The van der Waals surface area contributed by atoms with Gasteiger partial charge >= 0.3 is 0 Å². The third-order valence-electron chi connectivity index (χ3n) is 5.58. The zero-order chi connectivity index (χ0) is 20.2. The number of nitrogens with one attached hydrogen (secondary N) is 2. The van der Waals surface area contributed by atoms with Gasteiger partial charge in [0.2, 0.25) is 0 Å². The summed E-state index contributed by atoms with van der Waals surface area (Å²) in [7, 11) is 0. The highest BCUT2D eigenvalue weighted by Crippen LogP contribution is 2.24. The molecule has 0 atom stereocenters. The third-order valence-corrected chi connectivity index (χ3v) is 5.58. The fourth-order valence-corrected chi connectivity index (χ4v) is 3.91. The molecular formula is C23H38N4O2. The molecule has 0 radical (unpaired) electrons. The summed E-state index contributed by atoms with van der Waals surface area (Å²) < 4.78 is 11.4. The summed E-state index contributed by atoms with van der Waals surface area (Å²) in [5.74, 6) is 1.92. The van der Waals surface area contributed by atoms with Gasteiger partial charge in [0.05, 0.1) is 19.3 Å². The molecule has 1 aliphatic carbocycles. The first kappa shape index (κ1) is 21.9. The van der Waals surface area contributed by atoms with Gasteiger partial charge in [-0.1, -0.05) is 12.1 Å². The predicted molar refractivity (Wildman–Crippen MR) is 119 cm³/mol. The predicted octanol–water partition coefficient (Wildman–Crippen LogP) is 2.83. The maximum absolute atomic E-state index is 6.05. The van der Waals surface area contributed by atoms with Crippen LogP contribution in [0.4, 0.5) is 0 Å². The van der Waals surface area contributed by atoms with E-state index < -0.39 is 0 Å². The van der Waals surface area contributed by atoms with E-state index in [9.17, 15) is 0 Å². The van der Waals surface area contributed by atoms with Crippen molar-refractivity contribution in [3.63, 3.8) is 0 Å². The van der Waals surface area contributed by atoms with Crippen molar-refractivity contribution in [2.45, 2.75) is 51.6 Å². The number of benzene rings is 1. The van der Waals surface area contributed by atoms with Crippen molar-refractivity contribution in [3.8, 4) is 5.75 Å². The Bertz CT molecular complexity index is 593. The van der Waals surface area contributed by atoms with Gasteiger partial charge < -0.3 is 20.1 Å². The van der Waals surface area contributed by atoms with E-state index in [1.807, 2.05) is 0 Å². The van der Waals surface area contributed by atoms with Crippen LogP contribution in [0.3, 0.4) is 0 Å². The number of nitrogens with zero attached hydrogens (tertiary/aromatic N) is 2. The highest BCUT2D eigenvalue weighted by Gasteiger charge is 2.16. The minimum Gasteiger partial charge on any atom is -0.490 e. The average molecular weight is 403 g/mol. The molecule has 1 aromatic carbocycles. The number of morpholine rings is 1. The Morgan fingerprint density at radius 3 is 2.62 bits per heavy atom. The van der Waals surface area contributed by atoms with Gasteiger partial charge in [0, 0.05) is 39.3 Å². The van der Waals surface area contributed by atoms with Gasteiger partial charge in [-0.05, 0) is 63.1 Å². The molecule has 0 unspecified atom stereocenters. The second kappa shape index (κ2) is 12.7. The first-order valence-electron chi connectivity index (χ1n) is 11.4. The summed E-state index contributed by atoms with van der Waals surface area (Å²) in [5.41, 5.74) is 1.32. The second-order valence-electron chi connectivity index (χ2n) is 7.91. The molecule has 3 rings (SSSR count). The van der Waals surface area contributed by atoms with Crippen LogP contribution in [0.1, 0.15) is 44.6 Å². The van der Waals surface area contributed by atoms with E-state index in [1.54, 1.807) is 0 Å². The topological polar surface area (TPSA) is 58.1 Å². The number of ether oxygens (including phenoxy) is 2. The average Bonchev–Trinajstić information content (AvgIpc) is 3.26. The zero-order valence-electron chi connectivity index (χ0n) is 18.0. The Balaban J connectivity index is 1.34. The molecule has 2 N–H and O–H groups in total. The number of hydrogen-bond donors (Lipinski definition) is 2. The van der Waals surface area contributed by atoms with Crippen LogP contribution < -0.4 is 15.4 Å². The lowest BCUT2D eigenvalue weighted by molar-refractivity contribution is 0.0377. The van der Waals surface area contributed by atoms with E-state index in [0.717, 1.165) is 77.0 Å². The molecule has 0 aromatic heterocycles. The van der Waals surface area contributed by atoms with Crippen LogP contribution in [-0.2, 0) is 11.2 Å². The molecule has 162 valence electrons. The minimum atomic E-state index is 0.421. The van der Waals surface area contributed by atoms with Crippen molar-refractivity contribution in [3.05, 3.63) is 29.8 Å². The number of aliphatic imine (C=N–C) groups is 1. The molecular weight excluding hydrogens is 364 g/mol. The van der Waals surface area contributed by atoms with Crippen LogP contribution in [0.25, 0.3) is 0 Å². The molecule has 1 aromatic rings. The Labute approximate surface area is 176 Å². The van der Waals surface area contributed by atoms with Crippen LogP contribution in [0.2, 0.25) is 0 Å². The lowest BCUT2D eigenvalue weighted by Crippen LogP contribution is -2.39. The Kier molecular flexibility index (Phi) is 9.60. The summed E-state index contributed by atoms with van der Waals surface area (Å²) >= 11 is 0. The highest BCUT2D eigenvalue weighted by atomic mass is 16.5. The van der Waals surface area contributed by atoms with E-state index in [0.29, 0.717) is 6.10 Å². The Morgan fingerprint density at radius 2 is 1.90 bits per heavy atom. The molecule has 0 spiro atoms. The summed E-state index contributed by atoms with van der Waals surface area (Å²) in [6.07, 6.45) is 7.48. The highest BCUT2D eigenvalue weighted by molar-refractivity contribution is 5.79. The standard InChI is InChI=1S/C23H38N4O2/c1-2-24-23(25-13-5-15-27-16-18-28-19-17-27)26-14-12-20-8-10-22(11-9-20)29-21-6-3-4-7-21/h8-11,21H,2-7,12-19H2,1H3,(H2,24,25,26). The van der Waals surface area contributed by atoms with Gasteiger partial charge in [0.1, 0.15) is 5.75 Å². The molecule has 1 aliphatic heterocycles. The molecule has 6 nitrogen and oxygen atoms in total. The lowest BCUT2D eigenvalue weighted by Gasteiger charge is -2.26. The van der Waals surface area contributed by atoms with Crippen molar-refractivity contribution in [1.82, 2.24) is 15.5 Å². The molecule has 0 amide bonds. The summed E-state index contributed by atoms with van der Waals surface area (Å²) in [6.45, 7) is 9.62. The zero-order valence-corrected chi connectivity index (χ0v) is 18.0. The second-order valence-corrected chi connectivity index (χ2v) is 7.91. The Hall–Kier alpha value is -1.79. The molecule has 0 bridgehead atoms. The van der Waals surface area contributed by atoms with Crippen molar-refractivity contribution >= 4 is 5.96 Å². The van der Waals surface area contributed by atoms with Crippen molar-refractivity contribution < 1.29 is 9.47 Å². The van der Waals surface area contributed by atoms with Gasteiger partial charge in [-0.15, -0.1) is 0 Å². The maximum atomic E-state index is 6.05. The van der Waals surface area contributed by atoms with Gasteiger partial charge in [0.15, 0.2) is 5.96 Å². The van der Waals surface area contributed by atoms with Gasteiger partial charge in [-0.25, -0.2) is 0 Å². The molecule has 1 heterocycles. The van der Waals surface area contributed by atoms with E-state index in [2.05, 4.69) is 46.7 Å². The molecule has 29 heavy (non-hydrogen) atoms. The van der Waals surface area contributed by atoms with Gasteiger partial charge in [-0.3, -0.25) is 9.89 Å². The third kappa shape index (κ3) is 8.23. The van der Waals surface area contributed by atoms with Crippen LogP contribution >= 0.6 is 0 Å². The van der Waals surface area contributed by atoms with E-state index in [-0.39, 0.29) is 0 Å². The molecule has 1 saturated heterocycles. The first-order valence-corrected chi connectivity index (χ1v) is 11.4. The fourth-order valence-electron chi connectivity index (χ4n) is 3.91. The van der Waals surface area contributed by atoms with E-state index in [4.69, 9.17) is 14.5 Å².